The maximum Gasteiger partial charge on any atom is 0.247 e. The molecule has 1 amide bonds. The highest BCUT2D eigenvalue weighted by molar-refractivity contribution is 5.92. The Labute approximate surface area is 148 Å². The Kier molecular flexibility index (Phi) is 4.93. The zero-order chi connectivity index (χ0) is 18.0. The van der Waals surface area contributed by atoms with Gasteiger partial charge in [-0.15, -0.1) is 0 Å². The minimum atomic E-state index is 0.0565. The topological polar surface area (TPSA) is 47.4 Å². The van der Waals surface area contributed by atoms with Crippen LogP contribution in [0.25, 0.3) is 6.08 Å². The van der Waals surface area contributed by atoms with E-state index in [4.69, 9.17) is 4.74 Å². The van der Waals surface area contributed by atoms with E-state index in [9.17, 15) is 4.79 Å². The third kappa shape index (κ3) is 3.45. The van der Waals surface area contributed by atoms with Crippen molar-refractivity contribution in [3.05, 3.63) is 52.9 Å². The van der Waals surface area contributed by atoms with Crippen molar-refractivity contribution in [2.45, 2.75) is 32.7 Å². The molecule has 25 heavy (non-hydrogen) atoms. The summed E-state index contributed by atoms with van der Waals surface area (Å²) in [4.78, 5) is 14.7. The van der Waals surface area contributed by atoms with Crippen molar-refractivity contribution >= 4 is 12.0 Å². The second-order valence-corrected chi connectivity index (χ2v) is 6.50. The van der Waals surface area contributed by atoms with Crippen LogP contribution in [0.4, 0.5) is 0 Å². The summed E-state index contributed by atoms with van der Waals surface area (Å²) in [6.07, 6.45) is 5.60. The van der Waals surface area contributed by atoms with E-state index in [0.29, 0.717) is 0 Å². The molecule has 0 spiro atoms. The number of carbonyl (C=O) groups is 1. The highest BCUT2D eigenvalue weighted by Crippen LogP contribution is 2.33. The maximum absolute atomic E-state index is 12.7. The van der Waals surface area contributed by atoms with Crippen LogP contribution in [0.15, 0.2) is 30.3 Å². The van der Waals surface area contributed by atoms with E-state index in [-0.39, 0.29) is 11.9 Å². The molecule has 1 aromatic carbocycles. The fraction of sp³-hybridized carbons (Fsp3) is 0.400. The normalized spacial score (nSPS) is 17.4. The van der Waals surface area contributed by atoms with Gasteiger partial charge in [0, 0.05) is 30.9 Å². The van der Waals surface area contributed by atoms with Crippen LogP contribution < -0.4 is 4.74 Å². The first-order chi connectivity index (χ1) is 12.0. The first-order valence-corrected chi connectivity index (χ1v) is 8.64. The number of amides is 1. The van der Waals surface area contributed by atoms with Gasteiger partial charge in [-0.1, -0.05) is 12.1 Å². The molecule has 5 heteroatoms. The van der Waals surface area contributed by atoms with E-state index in [1.54, 1.807) is 13.2 Å². The quantitative estimate of drug-likeness (QED) is 0.802. The monoisotopic (exact) mass is 339 g/mol. The summed E-state index contributed by atoms with van der Waals surface area (Å²) >= 11 is 0. The predicted octanol–water partition coefficient (Wildman–Crippen LogP) is 3.42. The average Bonchev–Trinajstić information content (AvgIpc) is 3.19. The Morgan fingerprint density at radius 1 is 1.28 bits per heavy atom. The molecule has 0 saturated carbocycles. The smallest absolute Gasteiger partial charge is 0.247 e. The lowest BCUT2D eigenvalue weighted by molar-refractivity contribution is -0.126. The van der Waals surface area contributed by atoms with E-state index in [1.807, 2.05) is 60.8 Å². The molecule has 1 aromatic heterocycles. The van der Waals surface area contributed by atoms with E-state index in [1.165, 1.54) is 0 Å². The Balaban J connectivity index is 1.77. The number of hydrogen-bond donors (Lipinski definition) is 0. The number of benzene rings is 1. The van der Waals surface area contributed by atoms with E-state index in [0.717, 1.165) is 47.7 Å². The molecule has 2 aromatic rings. The first-order valence-electron chi connectivity index (χ1n) is 8.64. The summed E-state index contributed by atoms with van der Waals surface area (Å²) in [6, 6.07) is 8.14. The predicted molar refractivity (Wildman–Crippen MR) is 98.4 cm³/mol. The second-order valence-electron chi connectivity index (χ2n) is 6.50. The summed E-state index contributed by atoms with van der Waals surface area (Å²) < 4.78 is 7.06. The molecule has 1 fully saturated rings. The van der Waals surface area contributed by atoms with Crippen molar-refractivity contribution in [1.29, 1.82) is 0 Å². The molecule has 132 valence electrons. The SMILES string of the molecule is COc1ccc(C2CCCN2C(=O)/C=C/c2c(C)nn(C)c2C)cc1. The van der Waals surface area contributed by atoms with Gasteiger partial charge in [-0.3, -0.25) is 9.48 Å². The zero-order valence-corrected chi connectivity index (χ0v) is 15.3. The summed E-state index contributed by atoms with van der Waals surface area (Å²) in [5, 5.41) is 4.39. The van der Waals surface area contributed by atoms with Crippen LogP contribution in [0.3, 0.4) is 0 Å². The molecule has 2 heterocycles. The Bertz CT molecular complexity index is 790. The molecule has 0 bridgehead atoms. The standard InChI is InChI=1S/C20H25N3O2/c1-14-18(15(2)22(3)21-14)11-12-20(24)23-13-5-6-19(23)16-7-9-17(25-4)10-8-16/h7-12,19H,5-6,13H2,1-4H3/b12-11+. The van der Waals surface area contributed by atoms with Crippen molar-refractivity contribution in [3.63, 3.8) is 0 Å². The number of hydrogen-bond acceptors (Lipinski definition) is 3. The minimum absolute atomic E-state index is 0.0565. The van der Waals surface area contributed by atoms with Crippen molar-refractivity contribution in [2.24, 2.45) is 7.05 Å². The Hall–Kier alpha value is -2.56. The molecule has 0 aliphatic carbocycles. The lowest BCUT2D eigenvalue weighted by atomic mass is 10.0. The van der Waals surface area contributed by atoms with Gasteiger partial charge in [0.25, 0.3) is 0 Å². The van der Waals surface area contributed by atoms with Gasteiger partial charge in [0.15, 0.2) is 0 Å². The number of nitrogens with zero attached hydrogens (tertiary/aromatic N) is 3. The lowest BCUT2D eigenvalue weighted by Crippen LogP contribution is -2.28. The number of aromatic nitrogens is 2. The van der Waals surface area contributed by atoms with Gasteiger partial charge in [-0.05, 0) is 50.5 Å². The largest absolute Gasteiger partial charge is 0.497 e. The number of aryl methyl sites for hydroxylation is 2. The molecule has 0 N–H and O–H groups in total. The van der Waals surface area contributed by atoms with Gasteiger partial charge in [0.1, 0.15) is 5.75 Å². The number of rotatable bonds is 4. The molecule has 1 saturated heterocycles. The minimum Gasteiger partial charge on any atom is -0.497 e. The fourth-order valence-corrected chi connectivity index (χ4v) is 3.48. The molecule has 3 rings (SSSR count). The summed E-state index contributed by atoms with van der Waals surface area (Å²) in [5.74, 6) is 0.892. The molecule has 1 atom stereocenters. The third-order valence-corrected chi connectivity index (χ3v) is 4.99. The number of carbonyl (C=O) groups excluding carboxylic acids is 1. The lowest BCUT2D eigenvalue weighted by Gasteiger charge is -2.24. The van der Waals surface area contributed by atoms with Gasteiger partial charge < -0.3 is 9.64 Å². The fourth-order valence-electron chi connectivity index (χ4n) is 3.48. The van der Waals surface area contributed by atoms with Gasteiger partial charge in [-0.25, -0.2) is 0 Å². The van der Waals surface area contributed by atoms with Crippen LogP contribution in [-0.4, -0.2) is 34.2 Å². The molecule has 1 unspecified atom stereocenters. The van der Waals surface area contributed by atoms with Crippen LogP contribution in [0.5, 0.6) is 5.75 Å². The number of likely N-dealkylation sites (tertiary alicyclic amines) is 1. The van der Waals surface area contributed by atoms with Crippen LogP contribution in [0.1, 0.15) is 41.4 Å². The summed E-state index contributed by atoms with van der Waals surface area (Å²) in [6.45, 7) is 4.78. The number of ether oxygens (including phenoxy) is 1. The van der Waals surface area contributed by atoms with Crippen molar-refractivity contribution in [2.75, 3.05) is 13.7 Å². The molecule has 1 aliphatic heterocycles. The Morgan fingerprint density at radius 3 is 2.60 bits per heavy atom. The van der Waals surface area contributed by atoms with Gasteiger partial charge in [0.2, 0.25) is 5.91 Å². The highest BCUT2D eigenvalue weighted by atomic mass is 16.5. The summed E-state index contributed by atoms with van der Waals surface area (Å²) in [7, 11) is 3.58. The van der Waals surface area contributed by atoms with Crippen LogP contribution in [-0.2, 0) is 11.8 Å². The van der Waals surface area contributed by atoms with Gasteiger partial charge in [-0.2, -0.15) is 5.10 Å². The van der Waals surface area contributed by atoms with Crippen molar-refractivity contribution in [3.8, 4) is 5.75 Å². The third-order valence-electron chi connectivity index (χ3n) is 4.99. The molecular formula is C20H25N3O2. The molecule has 0 radical (unpaired) electrons. The molecule has 5 nitrogen and oxygen atoms in total. The molecular weight excluding hydrogens is 314 g/mol. The Morgan fingerprint density at radius 2 is 2.00 bits per heavy atom. The van der Waals surface area contributed by atoms with Crippen LogP contribution >= 0.6 is 0 Å². The summed E-state index contributed by atoms with van der Waals surface area (Å²) in [5.41, 5.74) is 4.19. The van der Waals surface area contributed by atoms with E-state index in [2.05, 4.69) is 5.10 Å². The van der Waals surface area contributed by atoms with E-state index < -0.39 is 0 Å². The highest BCUT2D eigenvalue weighted by Gasteiger charge is 2.28. The first kappa shape index (κ1) is 17.3. The second kappa shape index (κ2) is 7.13. The van der Waals surface area contributed by atoms with Crippen LogP contribution in [0, 0.1) is 13.8 Å². The van der Waals surface area contributed by atoms with E-state index >= 15 is 0 Å². The van der Waals surface area contributed by atoms with Crippen LogP contribution in [0.2, 0.25) is 0 Å². The molecule has 1 aliphatic rings. The van der Waals surface area contributed by atoms with Gasteiger partial charge in [0.05, 0.1) is 18.8 Å². The zero-order valence-electron chi connectivity index (χ0n) is 15.3. The van der Waals surface area contributed by atoms with Crippen molar-refractivity contribution < 1.29 is 9.53 Å². The van der Waals surface area contributed by atoms with Gasteiger partial charge >= 0.3 is 0 Å². The van der Waals surface area contributed by atoms with Crippen molar-refractivity contribution in [1.82, 2.24) is 14.7 Å². The average molecular weight is 339 g/mol. The maximum atomic E-state index is 12.7. The number of methoxy groups -OCH3 is 1.